The molecule has 4 nitrogen and oxygen atoms in total. The van der Waals surface area contributed by atoms with E-state index in [2.05, 4.69) is 0 Å². The minimum atomic E-state index is -0.991. The molecule has 0 heterocycles. The normalized spacial score (nSPS) is 8.83. The van der Waals surface area contributed by atoms with Gasteiger partial charge in [-0.1, -0.05) is 0 Å². The zero-order valence-electron chi connectivity index (χ0n) is 10.6. The largest absolute Gasteiger partial charge is 0.493 e. The molecule has 0 fully saturated rings. The second kappa shape index (κ2) is 8.89. The van der Waals surface area contributed by atoms with Crippen LogP contribution in [0.5, 0.6) is 11.5 Å². The van der Waals surface area contributed by atoms with Gasteiger partial charge in [-0.05, 0) is 32.9 Å². The summed E-state index contributed by atoms with van der Waals surface area (Å²) in [5.41, 5.74) is 0.895. The summed E-state index contributed by atoms with van der Waals surface area (Å²) in [4.78, 5) is 11.0. The average Bonchev–Trinajstić information content (AvgIpc) is 2.24. The van der Waals surface area contributed by atoms with Gasteiger partial charge in [0.15, 0.2) is 0 Å². The van der Waals surface area contributed by atoms with E-state index in [1.165, 1.54) is 6.07 Å². The Kier molecular flexibility index (Phi) is 9.49. The van der Waals surface area contributed by atoms with Crippen LogP contribution in [-0.2, 0) is 0 Å². The van der Waals surface area contributed by atoms with Gasteiger partial charge in [0.2, 0.25) is 0 Å². The summed E-state index contributed by atoms with van der Waals surface area (Å²) in [5.74, 6) is 0.0616. The van der Waals surface area contributed by atoms with Crippen LogP contribution in [0.25, 0.3) is 0 Å². The van der Waals surface area contributed by atoms with Crippen molar-refractivity contribution < 1.29 is 19.4 Å². The van der Waals surface area contributed by atoms with Crippen molar-refractivity contribution in [1.29, 1.82) is 0 Å². The maximum absolute atomic E-state index is 11.0. The number of halogens is 2. The smallest absolute Gasteiger partial charge is 0.339 e. The van der Waals surface area contributed by atoms with Crippen LogP contribution >= 0.6 is 24.8 Å². The molecule has 1 rings (SSSR count). The molecule has 18 heavy (non-hydrogen) atoms. The molecule has 0 aliphatic heterocycles. The van der Waals surface area contributed by atoms with E-state index in [4.69, 9.17) is 14.6 Å². The zero-order chi connectivity index (χ0) is 12.1. The van der Waals surface area contributed by atoms with Gasteiger partial charge in [0, 0.05) is 5.56 Å². The molecule has 1 aromatic carbocycles. The van der Waals surface area contributed by atoms with Gasteiger partial charge in [-0.2, -0.15) is 0 Å². The van der Waals surface area contributed by atoms with E-state index in [0.29, 0.717) is 24.7 Å². The van der Waals surface area contributed by atoms with Crippen molar-refractivity contribution >= 4 is 30.8 Å². The van der Waals surface area contributed by atoms with Gasteiger partial charge < -0.3 is 14.6 Å². The fourth-order valence-corrected chi connectivity index (χ4v) is 1.48. The van der Waals surface area contributed by atoms with E-state index in [9.17, 15) is 4.79 Å². The molecular formula is C12H18Cl2O4. The Morgan fingerprint density at radius 2 is 1.72 bits per heavy atom. The number of carboxylic acids is 1. The molecule has 0 atom stereocenters. The highest BCUT2D eigenvalue weighted by Gasteiger charge is 2.16. The van der Waals surface area contributed by atoms with Gasteiger partial charge in [-0.25, -0.2) is 4.79 Å². The summed E-state index contributed by atoms with van der Waals surface area (Å²) in [7, 11) is 0. The lowest BCUT2D eigenvalue weighted by atomic mass is 10.1. The van der Waals surface area contributed by atoms with E-state index < -0.39 is 5.97 Å². The van der Waals surface area contributed by atoms with Gasteiger partial charge >= 0.3 is 5.97 Å². The highest BCUT2D eigenvalue weighted by Crippen LogP contribution is 2.31. The summed E-state index contributed by atoms with van der Waals surface area (Å²) in [5, 5.41) is 9.02. The fraction of sp³-hybridized carbons (Fsp3) is 0.417. The maximum Gasteiger partial charge on any atom is 0.339 e. The lowest BCUT2D eigenvalue weighted by Gasteiger charge is -2.14. The topological polar surface area (TPSA) is 55.8 Å². The Hall–Kier alpha value is -1.13. The van der Waals surface area contributed by atoms with Gasteiger partial charge in [0.25, 0.3) is 0 Å². The van der Waals surface area contributed by atoms with E-state index in [-0.39, 0.29) is 30.4 Å². The Morgan fingerprint density at radius 3 is 2.17 bits per heavy atom. The van der Waals surface area contributed by atoms with Crippen molar-refractivity contribution in [3.8, 4) is 11.5 Å². The Labute approximate surface area is 119 Å². The highest BCUT2D eigenvalue weighted by atomic mass is 35.5. The average molecular weight is 297 g/mol. The minimum absolute atomic E-state index is 0. The number of ether oxygens (including phenoxy) is 2. The fourth-order valence-electron chi connectivity index (χ4n) is 1.48. The summed E-state index contributed by atoms with van der Waals surface area (Å²) in [6.45, 7) is 6.46. The molecule has 0 aliphatic rings. The van der Waals surface area contributed by atoms with Crippen molar-refractivity contribution in [2.24, 2.45) is 0 Å². The molecule has 0 saturated heterocycles. The van der Waals surface area contributed by atoms with E-state index in [1.54, 1.807) is 13.0 Å². The summed E-state index contributed by atoms with van der Waals surface area (Å²) < 4.78 is 10.7. The van der Waals surface area contributed by atoms with Crippen LogP contribution in [0.2, 0.25) is 0 Å². The standard InChI is InChI=1S/C12H16O4.2ClH/c1-4-15-10-7-6-9(12(13)14)11(8(10)3)16-5-2;;/h6-7H,4-5H2,1-3H3,(H,13,14);2*1H. The monoisotopic (exact) mass is 296 g/mol. The Bertz CT molecular complexity index is 394. The molecule has 104 valence electrons. The van der Waals surface area contributed by atoms with Crippen molar-refractivity contribution in [3.63, 3.8) is 0 Å². The van der Waals surface area contributed by atoms with Crippen molar-refractivity contribution in [2.45, 2.75) is 20.8 Å². The summed E-state index contributed by atoms with van der Waals surface area (Å²) >= 11 is 0. The Morgan fingerprint density at radius 1 is 1.17 bits per heavy atom. The summed E-state index contributed by atoms with van der Waals surface area (Å²) in [6, 6.07) is 3.16. The second-order valence-corrected chi connectivity index (χ2v) is 3.24. The maximum atomic E-state index is 11.0. The van der Waals surface area contributed by atoms with Crippen LogP contribution in [0.15, 0.2) is 12.1 Å². The van der Waals surface area contributed by atoms with Crippen LogP contribution in [-0.4, -0.2) is 24.3 Å². The van der Waals surface area contributed by atoms with Gasteiger partial charge in [-0.3, -0.25) is 0 Å². The van der Waals surface area contributed by atoms with Crippen LogP contribution in [0.3, 0.4) is 0 Å². The molecule has 1 aromatic rings. The van der Waals surface area contributed by atoms with Gasteiger partial charge in [0.1, 0.15) is 17.1 Å². The molecular weight excluding hydrogens is 279 g/mol. The van der Waals surface area contributed by atoms with Gasteiger partial charge in [-0.15, -0.1) is 24.8 Å². The zero-order valence-corrected chi connectivity index (χ0v) is 12.2. The predicted octanol–water partition coefficient (Wildman–Crippen LogP) is 3.33. The first kappa shape index (κ1) is 19.2. The lowest BCUT2D eigenvalue weighted by Crippen LogP contribution is -2.06. The number of carboxylic acid groups (broad SMARTS) is 1. The number of hydrogen-bond donors (Lipinski definition) is 1. The van der Waals surface area contributed by atoms with Gasteiger partial charge in [0.05, 0.1) is 13.2 Å². The number of hydrogen-bond acceptors (Lipinski definition) is 3. The van der Waals surface area contributed by atoms with Crippen LogP contribution in [0, 0.1) is 6.92 Å². The summed E-state index contributed by atoms with van der Waals surface area (Å²) in [6.07, 6.45) is 0. The third-order valence-corrected chi connectivity index (χ3v) is 2.18. The number of benzene rings is 1. The molecule has 6 heteroatoms. The number of rotatable bonds is 5. The first-order valence-corrected chi connectivity index (χ1v) is 5.24. The number of carbonyl (C=O) groups is 1. The molecule has 0 bridgehead atoms. The first-order chi connectivity index (χ1) is 7.61. The third-order valence-electron chi connectivity index (χ3n) is 2.18. The first-order valence-electron chi connectivity index (χ1n) is 5.24. The predicted molar refractivity (Wildman–Crippen MR) is 75.0 cm³/mol. The second-order valence-electron chi connectivity index (χ2n) is 3.24. The molecule has 1 N–H and O–H groups in total. The molecule has 0 spiro atoms. The molecule has 0 saturated carbocycles. The van der Waals surface area contributed by atoms with Crippen molar-refractivity contribution in [3.05, 3.63) is 23.3 Å². The van der Waals surface area contributed by atoms with Crippen molar-refractivity contribution in [2.75, 3.05) is 13.2 Å². The number of aromatic carboxylic acids is 1. The van der Waals surface area contributed by atoms with Crippen LogP contribution < -0.4 is 9.47 Å². The SMILES string of the molecule is CCOc1ccc(C(=O)O)c(OCC)c1C.Cl.Cl. The molecule has 0 aliphatic carbocycles. The lowest BCUT2D eigenvalue weighted by molar-refractivity contribution is 0.0692. The van der Waals surface area contributed by atoms with Crippen molar-refractivity contribution in [1.82, 2.24) is 0 Å². The Balaban J connectivity index is 0. The third kappa shape index (κ3) is 4.27. The van der Waals surface area contributed by atoms with E-state index >= 15 is 0 Å². The quantitative estimate of drug-likeness (QED) is 0.905. The van der Waals surface area contributed by atoms with Crippen LogP contribution in [0.4, 0.5) is 0 Å². The minimum Gasteiger partial charge on any atom is -0.493 e. The highest BCUT2D eigenvalue weighted by molar-refractivity contribution is 5.91. The molecule has 0 unspecified atom stereocenters. The van der Waals surface area contributed by atoms with Crippen LogP contribution in [0.1, 0.15) is 29.8 Å². The molecule has 0 amide bonds. The molecule has 0 aromatic heterocycles. The van der Waals surface area contributed by atoms with E-state index in [0.717, 1.165) is 5.56 Å². The molecule has 0 radical (unpaired) electrons. The van der Waals surface area contributed by atoms with E-state index in [1.807, 2.05) is 13.8 Å².